The molecule has 1 N–H and O–H groups in total. The van der Waals surface area contributed by atoms with Gasteiger partial charge in [0.2, 0.25) is 0 Å². The van der Waals surface area contributed by atoms with Crippen molar-refractivity contribution in [2.75, 3.05) is 0 Å². The minimum absolute atomic E-state index is 0.367. The summed E-state index contributed by atoms with van der Waals surface area (Å²) in [5, 5.41) is 11.5. The van der Waals surface area contributed by atoms with Gasteiger partial charge in [-0.1, -0.05) is 13.8 Å². The highest BCUT2D eigenvalue weighted by Crippen LogP contribution is 2.12. The molecule has 2 rings (SSSR count). The van der Waals surface area contributed by atoms with E-state index in [1.807, 2.05) is 24.0 Å². The van der Waals surface area contributed by atoms with Crippen molar-refractivity contribution in [1.82, 2.24) is 24.5 Å². The maximum atomic E-state index is 5.23. The highest BCUT2D eigenvalue weighted by Gasteiger charge is 2.10. The summed E-state index contributed by atoms with van der Waals surface area (Å²) in [5.74, 6) is 1.37. The minimum Gasteiger partial charge on any atom is -0.304 e. The molecule has 2 aromatic heterocycles. The van der Waals surface area contributed by atoms with Gasteiger partial charge >= 0.3 is 0 Å². The Labute approximate surface area is 105 Å². The Morgan fingerprint density at radius 1 is 1.47 bits per heavy atom. The predicted octanol–water partition coefficient (Wildman–Crippen LogP) is 2.04. The Bertz CT molecular complexity index is 548. The Morgan fingerprint density at radius 3 is 2.82 bits per heavy atom. The predicted molar refractivity (Wildman–Crippen MR) is 68.4 cm³/mol. The van der Waals surface area contributed by atoms with Crippen molar-refractivity contribution in [2.45, 2.75) is 32.7 Å². The lowest BCUT2D eigenvalue weighted by Gasteiger charge is -2.07. The third-order valence-electron chi connectivity index (χ3n) is 2.66. The fourth-order valence-corrected chi connectivity index (χ4v) is 2.04. The number of aryl methyl sites for hydroxylation is 2. The van der Waals surface area contributed by atoms with Gasteiger partial charge in [-0.3, -0.25) is 9.78 Å². The van der Waals surface area contributed by atoms with Gasteiger partial charge in [0.05, 0.1) is 5.69 Å². The maximum absolute atomic E-state index is 5.23. The summed E-state index contributed by atoms with van der Waals surface area (Å²) in [6.07, 6.45) is 2.82. The fourth-order valence-electron chi connectivity index (χ4n) is 1.81. The van der Waals surface area contributed by atoms with Crippen LogP contribution in [0.2, 0.25) is 0 Å². The summed E-state index contributed by atoms with van der Waals surface area (Å²) in [6, 6.07) is 2.03. The SMILES string of the molecule is CC(C)c1n[nH]c(=S)n1CCc1ccn(C)n1. The van der Waals surface area contributed by atoms with E-state index in [2.05, 4.69) is 33.7 Å². The Morgan fingerprint density at radius 2 is 2.24 bits per heavy atom. The van der Waals surface area contributed by atoms with Crippen LogP contribution in [-0.4, -0.2) is 24.5 Å². The molecule has 92 valence electrons. The molecule has 17 heavy (non-hydrogen) atoms. The van der Waals surface area contributed by atoms with E-state index >= 15 is 0 Å². The molecule has 0 spiro atoms. The molecule has 2 aromatic rings. The molecule has 0 bridgehead atoms. The molecule has 0 amide bonds. The molecule has 6 heteroatoms. The van der Waals surface area contributed by atoms with Crippen LogP contribution in [0, 0.1) is 4.77 Å². The van der Waals surface area contributed by atoms with E-state index < -0.39 is 0 Å². The molecule has 0 unspecified atom stereocenters. The van der Waals surface area contributed by atoms with Crippen LogP contribution in [0.3, 0.4) is 0 Å². The second-order valence-corrected chi connectivity index (χ2v) is 4.81. The number of hydrogen-bond donors (Lipinski definition) is 1. The molecule has 0 radical (unpaired) electrons. The third kappa shape index (κ3) is 2.63. The lowest BCUT2D eigenvalue weighted by molar-refractivity contribution is 0.603. The van der Waals surface area contributed by atoms with Gasteiger partial charge in [-0.25, -0.2) is 0 Å². The molecule has 0 saturated carbocycles. The van der Waals surface area contributed by atoms with Gasteiger partial charge in [0.1, 0.15) is 5.82 Å². The highest BCUT2D eigenvalue weighted by atomic mass is 32.1. The van der Waals surface area contributed by atoms with Crippen LogP contribution < -0.4 is 0 Å². The van der Waals surface area contributed by atoms with E-state index in [1.165, 1.54) is 0 Å². The topological polar surface area (TPSA) is 51.4 Å². The van der Waals surface area contributed by atoms with E-state index in [9.17, 15) is 0 Å². The van der Waals surface area contributed by atoms with Crippen LogP contribution in [0.5, 0.6) is 0 Å². The summed E-state index contributed by atoms with van der Waals surface area (Å²) in [6.45, 7) is 5.05. The summed E-state index contributed by atoms with van der Waals surface area (Å²) < 4.78 is 4.55. The van der Waals surface area contributed by atoms with Crippen molar-refractivity contribution in [3.63, 3.8) is 0 Å². The van der Waals surface area contributed by atoms with Gasteiger partial charge < -0.3 is 4.57 Å². The molecule has 0 fully saturated rings. The molecule has 0 saturated heterocycles. The summed E-state index contributed by atoms with van der Waals surface area (Å²) in [5.41, 5.74) is 1.07. The van der Waals surface area contributed by atoms with Gasteiger partial charge in [0, 0.05) is 32.1 Å². The standard InChI is InChI=1S/C11H17N5S/c1-8(2)10-12-13-11(17)16(10)7-5-9-4-6-15(3)14-9/h4,6,8H,5,7H2,1-3H3,(H,13,17). The number of rotatable bonds is 4. The van der Waals surface area contributed by atoms with Crippen LogP contribution >= 0.6 is 12.2 Å². The van der Waals surface area contributed by atoms with Crippen molar-refractivity contribution < 1.29 is 0 Å². The smallest absolute Gasteiger partial charge is 0.195 e. The first kappa shape index (κ1) is 12.0. The summed E-state index contributed by atoms with van der Waals surface area (Å²) in [4.78, 5) is 0. The summed E-state index contributed by atoms with van der Waals surface area (Å²) >= 11 is 5.23. The first-order valence-corrected chi connectivity index (χ1v) is 6.12. The number of aromatic nitrogens is 5. The third-order valence-corrected chi connectivity index (χ3v) is 2.98. The first-order chi connectivity index (χ1) is 8.08. The van der Waals surface area contributed by atoms with Gasteiger partial charge in [-0.2, -0.15) is 10.2 Å². The molecular formula is C11H17N5S. The molecule has 0 aliphatic carbocycles. The van der Waals surface area contributed by atoms with E-state index in [4.69, 9.17) is 12.2 Å². The molecular weight excluding hydrogens is 234 g/mol. The molecule has 0 aromatic carbocycles. The van der Waals surface area contributed by atoms with E-state index in [1.54, 1.807) is 0 Å². The zero-order chi connectivity index (χ0) is 12.4. The molecule has 0 aliphatic rings. The molecule has 0 atom stereocenters. The zero-order valence-electron chi connectivity index (χ0n) is 10.3. The highest BCUT2D eigenvalue weighted by molar-refractivity contribution is 7.71. The van der Waals surface area contributed by atoms with Crippen molar-refractivity contribution in [1.29, 1.82) is 0 Å². The van der Waals surface area contributed by atoms with Crippen LogP contribution in [-0.2, 0) is 20.0 Å². The summed E-state index contributed by atoms with van der Waals surface area (Å²) in [7, 11) is 1.92. The van der Waals surface area contributed by atoms with Crippen LogP contribution in [0.1, 0.15) is 31.3 Å². The average Bonchev–Trinajstić information content (AvgIpc) is 2.82. The molecule has 5 nitrogen and oxygen atoms in total. The number of nitrogens with one attached hydrogen (secondary N) is 1. The number of nitrogens with zero attached hydrogens (tertiary/aromatic N) is 4. The Kier molecular flexibility index (Phi) is 3.42. The normalized spacial score (nSPS) is 11.3. The van der Waals surface area contributed by atoms with Crippen molar-refractivity contribution >= 4 is 12.2 Å². The maximum Gasteiger partial charge on any atom is 0.195 e. The van der Waals surface area contributed by atoms with Gasteiger partial charge in [-0.05, 0) is 18.3 Å². The van der Waals surface area contributed by atoms with E-state index in [0.717, 1.165) is 24.5 Å². The lowest BCUT2D eigenvalue weighted by atomic mass is 10.2. The number of hydrogen-bond acceptors (Lipinski definition) is 3. The van der Waals surface area contributed by atoms with Gasteiger partial charge in [0.15, 0.2) is 4.77 Å². The fraction of sp³-hybridized carbons (Fsp3) is 0.545. The number of aromatic amines is 1. The average molecular weight is 251 g/mol. The van der Waals surface area contributed by atoms with Crippen LogP contribution in [0.4, 0.5) is 0 Å². The Hall–Kier alpha value is -1.43. The van der Waals surface area contributed by atoms with Gasteiger partial charge in [0.25, 0.3) is 0 Å². The number of H-pyrrole nitrogens is 1. The first-order valence-electron chi connectivity index (χ1n) is 5.71. The minimum atomic E-state index is 0.367. The van der Waals surface area contributed by atoms with Crippen molar-refractivity contribution in [3.8, 4) is 0 Å². The largest absolute Gasteiger partial charge is 0.304 e. The van der Waals surface area contributed by atoms with Crippen molar-refractivity contribution in [2.24, 2.45) is 7.05 Å². The van der Waals surface area contributed by atoms with Crippen molar-refractivity contribution in [3.05, 3.63) is 28.6 Å². The second kappa shape index (κ2) is 4.83. The van der Waals surface area contributed by atoms with E-state index in [0.29, 0.717) is 10.7 Å². The van der Waals surface area contributed by atoms with Crippen LogP contribution in [0.25, 0.3) is 0 Å². The van der Waals surface area contributed by atoms with E-state index in [-0.39, 0.29) is 0 Å². The second-order valence-electron chi connectivity index (χ2n) is 4.42. The lowest BCUT2D eigenvalue weighted by Crippen LogP contribution is -2.08. The molecule has 2 heterocycles. The zero-order valence-corrected chi connectivity index (χ0v) is 11.2. The quantitative estimate of drug-likeness (QED) is 0.846. The molecule has 0 aliphatic heterocycles. The van der Waals surface area contributed by atoms with Crippen LogP contribution in [0.15, 0.2) is 12.3 Å². The van der Waals surface area contributed by atoms with Gasteiger partial charge in [-0.15, -0.1) is 0 Å². The monoisotopic (exact) mass is 251 g/mol. The Balaban J connectivity index is 2.13.